The topological polar surface area (TPSA) is 64.5 Å². The summed E-state index contributed by atoms with van der Waals surface area (Å²) in [5, 5.41) is 9.18. The second kappa shape index (κ2) is 9.19. The zero-order valence-corrected chi connectivity index (χ0v) is 19.7. The number of nitrogens with one attached hydrogen (secondary N) is 2. The van der Waals surface area contributed by atoms with Gasteiger partial charge in [0.1, 0.15) is 0 Å². The molecule has 2 amide bonds. The molecule has 1 aliphatic heterocycles. The Morgan fingerprint density at radius 3 is 2.60 bits per heavy atom. The molecule has 0 unspecified atom stereocenters. The third kappa shape index (κ3) is 4.22. The van der Waals surface area contributed by atoms with Crippen molar-refractivity contribution < 1.29 is 14.3 Å². The summed E-state index contributed by atoms with van der Waals surface area (Å²) in [4.78, 5) is 14.0. The molecule has 35 heavy (non-hydrogen) atoms. The molecule has 5 aromatic rings. The number of hydrogen-bond donors (Lipinski definition) is 2. The van der Waals surface area contributed by atoms with Gasteiger partial charge in [-0.1, -0.05) is 54.6 Å². The minimum Gasteiger partial charge on any atom is -0.454 e. The van der Waals surface area contributed by atoms with Crippen LogP contribution in [0.1, 0.15) is 11.1 Å². The van der Waals surface area contributed by atoms with E-state index in [1.807, 2.05) is 12.1 Å². The minimum atomic E-state index is -0.277. The van der Waals surface area contributed by atoms with Crippen LogP contribution in [0.4, 0.5) is 10.5 Å². The van der Waals surface area contributed by atoms with Crippen LogP contribution in [0.15, 0.2) is 90.3 Å². The first-order valence-electron chi connectivity index (χ1n) is 11.4. The summed E-state index contributed by atoms with van der Waals surface area (Å²) in [6.07, 6.45) is 0. The number of carbonyl (C=O) groups is 1. The van der Waals surface area contributed by atoms with E-state index in [9.17, 15) is 4.79 Å². The summed E-state index contributed by atoms with van der Waals surface area (Å²) in [6.45, 7) is 1.34. The largest absolute Gasteiger partial charge is 0.454 e. The fraction of sp³-hybridized carbons (Fsp3) is 0.107. The number of thiophene rings is 1. The van der Waals surface area contributed by atoms with Crippen LogP contribution >= 0.6 is 11.3 Å². The van der Waals surface area contributed by atoms with Crippen LogP contribution in [-0.2, 0) is 13.1 Å². The van der Waals surface area contributed by atoms with E-state index in [0.29, 0.717) is 23.7 Å². The molecule has 3 heterocycles. The molecular weight excluding hydrogens is 458 g/mol. The summed E-state index contributed by atoms with van der Waals surface area (Å²) in [6, 6.07) is 28.1. The first-order valence-corrected chi connectivity index (χ1v) is 12.3. The Labute approximate surface area is 206 Å². The second-order valence-corrected chi connectivity index (χ2v) is 9.22. The molecule has 174 valence electrons. The molecule has 6 nitrogen and oxygen atoms in total. The van der Waals surface area contributed by atoms with Gasteiger partial charge in [-0.25, -0.2) is 4.79 Å². The van der Waals surface area contributed by atoms with E-state index < -0.39 is 0 Å². The number of para-hydroxylation sites is 1. The van der Waals surface area contributed by atoms with Crippen molar-refractivity contribution >= 4 is 34.0 Å². The maximum atomic E-state index is 12.8. The highest BCUT2D eigenvalue weighted by Gasteiger charge is 2.20. The monoisotopic (exact) mass is 481 g/mol. The van der Waals surface area contributed by atoms with Crippen LogP contribution in [0.25, 0.3) is 21.5 Å². The Morgan fingerprint density at radius 1 is 0.914 bits per heavy atom. The van der Waals surface area contributed by atoms with Crippen molar-refractivity contribution in [2.24, 2.45) is 0 Å². The predicted octanol–water partition coefficient (Wildman–Crippen LogP) is 6.47. The number of fused-ring (bicyclic) bond motifs is 2. The lowest BCUT2D eigenvalue weighted by Gasteiger charge is -2.13. The molecule has 0 saturated heterocycles. The van der Waals surface area contributed by atoms with E-state index >= 15 is 0 Å². The van der Waals surface area contributed by atoms with Gasteiger partial charge in [0, 0.05) is 41.3 Å². The molecule has 0 atom stereocenters. The molecule has 0 spiro atoms. The second-order valence-electron chi connectivity index (χ2n) is 8.27. The first kappa shape index (κ1) is 21.3. The average molecular weight is 482 g/mol. The van der Waals surface area contributed by atoms with Crippen LogP contribution in [0.2, 0.25) is 0 Å². The Morgan fingerprint density at radius 2 is 1.74 bits per heavy atom. The number of carbonyl (C=O) groups excluding carboxylic acids is 1. The van der Waals surface area contributed by atoms with Crippen molar-refractivity contribution in [1.82, 2.24) is 9.88 Å². The average Bonchev–Trinajstić information content (AvgIpc) is 3.63. The summed E-state index contributed by atoms with van der Waals surface area (Å²) in [7, 11) is 0. The highest BCUT2D eigenvalue weighted by Crippen LogP contribution is 2.37. The maximum absolute atomic E-state index is 12.8. The van der Waals surface area contributed by atoms with E-state index in [-0.39, 0.29) is 12.8 Å². The van der Waals surface area contributed by atoms with E-state index in [1.165, 1.54) is 10.4 Å². The van der Waals surface area contributed by atoms with Crippen LogP contribution in [0, 0.1) is 0 Å². The fourth-order valence-corrected chi connectivity index (χ4v) is 5.30. The summed E-state index contributed by atoms with van der Waals surface area (Å²) in [5.41, 5.74) is 5.25. The molecule has 0 saturated carbocycles. The van der Waals surface area contributed by atoms with Gasteiger partial charge in [-0.2, -0.15) is 0 Å². The molecule has 7 heteroatoms. The van der Waals surface area contributed by atoms with Crippen molar-refractivity contribution in [3.05, 3.63) is 101 Å². The fourth-order valence-electron chi connectivity index (χ4n) is 4.50. The molecule has 2 aromatic heterocycles. The van der Waals surface area contributed by atoms with E-state index in [1.54, 1.807) is 29.5 Å². The summed E-state index contributed by atoms with van der Waals surface area (Å²) >= 11 is 1.70. The molecule has 2 N–H and O–H groups in total. The van der Waals surface area contributed by atoms with Crippen molar-refractivity contribution in [1.29, 1.82) is 0 Å². The van der Waals surface area contributed by atoms with Crippen molar-refractivity contribution in [2.75, 3.05) is 12.1 Å². The molecule has 6 rings (SSSR count). The van der Waals surface area contributed by atoms with Gasteiger partial charge in [0.25, 0.3) is 0 Å². The smallest absolute Gasteiger partial charge is 0.319 e. The van der Waals surface area contributed by atoms with Gasteiger partial charge < -0.3 is 24.7 Å². The number of benzene rings is 3. The lowest BCUT2D eigenvalue weighted by molar-refractivity contribution is 0.174. The first-order chi connectivity index (χ1) is 17.3. The number of rotatable bonds is 6. The minimum absolute atomic E-state index is 0.198. The van der Waals surface area contributed by atoms with Gasteiger partial charge in [-0.15, -0.1) is 11.3 Å². The van der Waals surface area contributed by atoms with Crippen LogP contribution in [-0.4, -0.2) is 17.4 Å². The van der Waals surface area contributed by atoms with Crippen LogP contribution in [0.5, 0.6) is 11.5 Å². The predicted molar refractivity (Wildman–Crippen MR) is 139 cm³/mol. The molecule has 1 aliphatic rings. The number of hydrogen-bond acceptors (Lipinski definition) is 4. The Kier molecular flexibility index (Phi) is 5.60. The Hall–Kier alpha value is -4.23. The van der Waals surface area contributed by atoms with Crippen molar-refractivity contribution in [3.63, 3.8) is 0 Å². The van der Waals surface area contributed by atoms with E-state index in [4.69, 9.17) is 9.47 Å². The molecule has 3 aromatic carbocycles. The van der Waals surface area contributed by atoms with Crippen LogP contribution < -0.4 is 20.1 Å². The highest BCUT2D eigenvalue weighted by atomic mass is 32.1. The molecule has 0 radical (unpaired) electrons. The third-order valence-corrected chi connectivity index (χ3v) is 6.95. The molecule has 0 fully saturated rings. The number of nitrogens with zero attached hydrogens (tertiary/aromatic N) is 1. The lowest BCUT2D eigenvalue weighted by Crippen LogP contribution is -2.28. The van der Waals surface area contributed by atoms with Gasteiger partial charge in [0.05, 0.1) is 10.6 Å². The van der Waals surface area contributed by atoms with E-state index in [2.05, 4.69) is 75.2 Å². The normalized spacial score (nSPS) is 12.1. The zero-order chi connectivity index (χ0) is 23.6. The Balaban J connectivity index is 1.32. The van der Waals surface area contributed by atoms with Gasteiger partial charge in [-0.05, 0) is 35.2 Å². The van der Waals surface area contributed by atoms with Crippen molar-refractivity contribution in [3.8, 4) is 22.1 Å². The maximum Gasteiger partial charge on any atom is 0.319 e. The number of anilines is 1. The molecular formula is C28H23N3O3S. The molecule has 0 aliphatic carbocycles. The number of urea groups is 1. The number of ether oxygens (including phenoxy) is 2. The van der Waals surface area contributed by atoms with Gasteiger partial charge in [0.2, 0.25) is 6.79 Å². The SMILES string of the molecule is O=C(NCc1c(-c2cccs2)n(Cc2ccccc2)c2ccccc12)Nc1ccc2c(c1)OCO2. The summed E-state index contributed by atoms with van der Waals surface area (Å²) < 4.78 is 13.1. The van der Waals surface area contributed by atoms with Crippen molar-refractivity contribution in [2.45, 2.75) is 13.1 Å². The standard InChI is InChI=1S/C28H23N3O3S/c32-28(30-20-12-13-24-25(15-20)34-18-33-24)29-16-22-21-9-4-5-10-23(21)31(17-19-7-2-1-3-8-19)27(22)26-11-6-14-35-26/h1-15H,16-18H2,(H2,29,30,32). The third-order valence-electron chi connectivity index (χ3n) is 6.07. The number of amides is 2. The number of aromatic nitrogens is 1. The van der Waals surface area contributed by atoms with Crippen LogP contribution in [0.3, 0.4) is 0 Å². The van der Waals surface area contributed by atoms with Gasteiger partial charge in [0.15, 0.2) is 11.5 Å². The quantitative estimate of drug-likeness (QED) is 0.292. The van der Waals surface area contributed by atoms with E-state index in [0.717, 1.165) is 28.7 Å². The highest BCUT2D eigenvalue weighted by molar-refractivity contribution is 7.13. The van der Waals surface area contributed by atoms with Gasteiger partial charge in [-0.3, -0.25) is 0 Å². The zero-order valence-electron chi connectivity index (χ0n) is 18.9. The molecule has 0 bridgehead atoms. The lowest BCUT2D eigenvalue weighted by atomic mass is 10.1. The van der Waals surface area contributed by atoms with Gasteiger partial charge >= 0.3 is 6.03 Å². The Bertz CT molecular complexity index is 1490. The summed E-state index contributed by atoms with van der Waals surface area (Å²) in [5.74, 6) is 1.31.